The molecule has 2 unspecified atom stereocenters. The molecule has 2 saturated heterocycles. The standard InChI is InChI=1S/C39H52N4O5S/c1-38(2,3)25-49(46,47)40-36(44)28-13-18-32-33(21-28)42(24-39(19-20-39)37(45)43-29-14-15-30(43)23-41(4)22-29)35(27-11-16-31(48-5)17-12-27)34(32)26-9-7-6-8-10-26/h11-13,16-18,21,26,29-30H,6-10,14-15,19-20,22-25H2,1-5H3,(H,40,44). The van der Waals surface area contributed by atoms with Gasteiger partial charge in [0.05, 0.1) is 24.0 Å². The fourth-order valence-electron chi connectivity index (χ4n) is 8.96. The van der Waals surface area contributed by atoms with Gasteiger partial charge in [0.1, 0.15) is 5.75 Å². The van der Waals surface area contributed by atoms with Crippen molar-refractivity contribution in [2.75, 3.05) is 33.0 Å². The lowest BCUT2D eigenvalue weighted by Gasteiger charge is -2.41. The van der Waals surface area contributed by atoms with Crippen molar-refractivity contribution in [1.29, 1.82) is 0 Å². The van der Waals surface area contributed by atoms with Crippen molar-refractivity contribution in [1.82, 2.24) is 19.1 Å². The van der Waals surface area contributed by atoms with Gasteiger partial charge in [-0.1, -0.05) is 46.1 Å². The summed E-state index contributed by atoms with van der Waals surface area (Å²) >= 11 is 0. The van der Waals surface area contributed by atoms with Gasteiger partial charge in [0, 0.05) is 48.2 Å². The number of benzene rings is 2. The second-order valence-corrected chi connectivity index (χ2v) is 18.2. The number of likely N-dealkylation sites (N-methyl/N-ethyl adjacent to an activating group) is 1. The molecule has 2 saturated carbocycles. The van der Waals surface area contributed by atoms with E-state index < -0.39 is 26.8 Å². The van der Waals surface area contributed by atoms with Crippen molar-refractivity contribution >= 4 is 32.7 Å². The van der Waals surface area contributed by atoms with Crippen LogP contribution in [0, 0.1) is 10.8 Å². The molecule has 10 heteroatoms. The van der Waals surface area contributed by atoms with Gasteiger partial charge in [0.2, 0.25) is 15.9 Å². The van der Waals surface area contributed by atoms with Gasteiger partial charge >= 0.3 is 0 Å². The van der Waals surface area contributed by atoms with E-state index in [4.69, 9.17) is 4.74 Å². The molecule has 2 bridgehead atoms. The molecule has 2 aliphatic carbocycles. The highest BCUT2D eigenvalue weighted by atomic mass is 32.2. The third-order valence-electron chi connectivity index (χ3n) is 11.3. The van der Waals surface area contributed by atoms with Gasteiger partial charge in [0.25, 0.3) is 5.91 Å². The third-order valence-corrected chi connectivity index (χ3v) is 13.0. The monoisotopic (exact) mass is 688 g/mol. The summed E-state index contributed by atoms with van der Waals surface area (Å²) in [4.78, 5) is 32.8. The lowest BCUT2D eigenvalue weighted by molar-refractivity contribution is -0.143. The van der Waals surface area contributed by atoms with Crippen LogP contribution in [0.3, 0.4) is 0 Å². The molecule has 2 amide bonds. The lowest BCUT2D eigenvalue weighted by Crippen LogP contribution is -2.56. The Morgan fingerprint density at radius 1 is 0.939 bits per heavy atom. The summed E-state index contributed by atoms with van der Waals surface area (Å²) in [6, 6.07) is 14.3. The Morgan fingerprint density at radius 2 is 1.59 bits per heavy atom. The van der Waals surface area contributed by atoms with Crippen molar-refractivity contribution in [3.05, 3.63) is 53.6 Å². The van der Waals surface area contributed by atoms with E-state index in [0.29, 0.717) is 18.0 Å². The molecule has 49 heavy (non-hydrogen) atoms. The first-order chi connectivity index (χ1) is 23.3. The fourth-order valence-corrected chi connectivity index (χ4v) is 10.6. The highest BCUT2D eigenvalue weighted by Gasteiger charge is 2.56. The average molecular weight is 689 g/mol. The number of fused-ring (bicyclic) bond motifs is 3. The Hall–Kier alpha value is -3.37. The third kappa shape index (κ3) is 6.75. The summed E-state index contributed by atoms with van der Waals surface area (Å²) in [5.41, 5.74) is 3.61. The number of carbonyl (C=O) groups is 2. The SMILES string of the molecule is COc1ccc(-c2c(C3CCCCC3)c3ccc(C(=O)NS(=O)(=O)CC(C)(C)C)cc3n2CC2(C(=O)N3C4CCC3CN(C)C4)CC2)cc1. The van der Waals surface area contributed by atoms with Gasteiger partial charge in [-0.15, -0.1) is 0 Å². The molecule has 4 aliphatic rings. The number of aromatic nitrogens is 1. The van der Waals surface area contributed by atoms with Crippen LogP contribution in [0.2, 0.25) is 0 Å². The minimum absolute atomic E-state index is 0.156. The topological polar surface area (TPSA) is 101 Å². The number of methoxy groups -OCH3 is 1. The van der Waals surface area contributed by atoms with Crippen LogP contribution in [0.4, 0.5) is 0 Å². The molecule has 3 aromatic rings. The van der Waals surface area contributed by atoms with E-state index in [1.807, 2.05) is 45.0 Å². The zero-order valence-corrected chi connectivity index (χ0v) is 30.6. The van der Waals surface area contributed by atoms with Gasteiger partial charge in [0.15, 0.2) is 0 Å². The summed E-state index contributed by atoms with van der Waals surface area (Å²) in [5.74, 6) is 0.616. The highest BCUT2D eigenvalue weighted by molar-refractivity contribution is 7.90. The maximum atomic E-state index is 14.6. The minimum atomic E-state index is -3.84. The van der Waals surface area contributed by atoms with Crippen molar-refractivity contribution in [2.45, 2.75) is 103 Å². The number of piperazine rings is 1. The predicted octanol–water partition coefficient (Wildman–Crippen LogP) is 6.56. The van der Waals surface area contributed by atoms with E-state index in [0.717, 1.165) is 79.5 Å². The zero-order valence-electron chi connectivity index (χ0n) is 29.8. The largest absolute Gasteiger partial charge is 0.497 e. The quantitative estimate of drug-likeness (QED) is 0.274. The first-order valence-corrected chi connectivity index (χ1v) is 19.8. The van der Waals surface area contributed by atoms with Crippen molar-refractivity contribution in [3.63, 3.8) is 0 Å². The van der Waals surface area contributed by atoms with E-state index in [1.165, 1.54) is 24.8 Å². The van der Waals surface area contributed by atoms with Crippen LogP contribution in [0.25, 0.3) is 22.2 Å². The maximum Gasteiger partial charge on any atom is 0.264 e. The number of amides is 2. The molecule has 0 spiro atoms. The molecule has 2 aromatic carbocycles. The highest BCUT2D eigenvalue weighted by Crippen LogP contribution is 2.53. The van der Waals surface area contributed by atoms with E-state index in [9.17, 15) is 18.0 Å². The van der Waals surface area contributed by atoms with E-state index in [2.05, 4.69) is 38.3 Å². The molecular formula is C39H52N4O5S. The van der Waals surface area contributed by atoms with Crippen molar-refractivity contribution in [2.24, 2.45) is 10.8 Å². The molecular weight excluding hydrogens is 637 g/mol. The van der Waals surface area contributed by atoms with Crippen LogP contribution >= 0.6 is 0 Å². The Morgan fingerprint density at radius 3 is 2.18 bits per heavy atom. The molecule has 3 heterocycles. The number of rotatable bonds is 9. The number of carbonyl (C=O) groups excluding carboxylic acids is 2. The molecule has 264 valence electrons. The number of ether oxygens (including phenoxy) is 1. The van der Waals surface area contributed by atoms with Crippen molar-refractivity contribution in [3.8, 4) is 17.0 Å². The van der Waals surface area contributed by atoms with Gasteiger partial charge in [-0.05, 0) is 104 Å². The first kappa shape index (κ1) is 34.1. The van der Waals surface area contributed by atoms with Crippen LogP contribution in [-0.4, -0.2) is 79.7 Å². The van der Waals surface area contributed by atoms with E-state index >= 15 is 0 Å². The lowest BCUT2D eigenvalue weighted by atomic mass is 9.81. The van der Waals surface area contributed by atoms with Gasteiger partial charge in [-0.3, -0.25) is 9.59 Å². The van der Waals surface area contributed by atoms with Crippen LogP contribution < -0.4 is 9.46 Å². The molecule has 9 nitrogen and oxygen atoms in total. The molecule has 0 radical (unpaired) electrons. The smallest absolute Gasteiger partial charge is 0.264 e. The maximum absolute atomic E-state index is 14.6. The number of hydrogen-bond donors (Lipinski definition) is 1. The first-order valence-electron chi connectivity index (χ1n) is 18.1. The van der Waals surface area contributed by atoms with E-state index in [-0.39, 0.29) is 23.7 Å². The summed E-state index contributed by atoms with van der Waals surface area (Å²) < 4.78 is 36.1. The average Bonchev–Trinajstić information content (AvgIpc) is 3.70. The number of hydrogen-bond acceptors (Lipinski definition) is 6. The summed E-state index contributed by atoms with van der Waals surface area (Å²) in [6.45, 7) is 7.88. The fraction of sp³-hybridized carbons (Fsp3) is 0.590. The normalized spacial score (nSPS) is 22.8. The van der Waals surface area contributed by atoms with Crippen molar-refractivity contribution < 1.29 is 22.7 Å². The van der Waals surface area contributed by atoms with E-state index in [1.54, 1.807) is 13.2 Å². The Kier molecular flexibility index (Phi) is 8.87. The second kappa shape index (κ2) is 12.7. The molecule has 4 fully saturated rings. The Balaban J connectivity index is 1.35. The summed E-state index contributed by atoms with van der Waals surface area (Å²) in [6.07, 6.45) is 9.53. The Bertz CT molecular complexity index is 1830. The number of sulfonamides is 1. The number of likely N-dealkylation sites (tertiary alicyclic amines) is 1. The summed E-state index contributed by atoms with van der Waals surface area (Å²) in [7, 11) is -0.0195. The molecule has 2 atom stereocenters. The number of nitrogens with zero attached hydrogens (tertiary/aromatic N) is 3. The Labute approximate surface area is 291 Å². The minimum Gasteiger partial charge on any atom is -0.497 e. The van der Waals surface area contributed by atoms with Crippen LogP contribution in [0.5, 0.6) is 5.75 Å². The number of nitrogens with one attached hydrogen (secondary N) is 1. The second-order valence-electron chi connectivity index (χ2n) is 16.5. The molecule has 1 N–H and O–H groups in total. The molecule has 7 rings (SSSR count). The van der Waals surface area contributed by atoms with Crippen LogP contribution in [0.1, 0.15) is 100 Å². The molecule has 2 aliphatic heterocycles. The predicted molar refractivity (Wildman–Crippen MR) is 193 cm³/mol. The zero-order chi connectivity index (χ0) is 34.7. The summed E-state index contributed by atoms with van der Waals surface area (Å²) in [5, 5.41) is 1.08. The van der Waals surface area contributed by atoms with Gasteiger partial charge < -0.3 is 19.1 Å². The van der Waals surface area contributed by atoms with Crippen LogP contribution in [-0.2, 0) is 21.4 Å². The van der Waals surface area contributed by atoms with Crippen LogP contribution in [0.15, 0.2) is 42.5 Å². The van der Waals surface area contributed by atoms with Gasteiger partial charge in [-0.25, -0.2) is 13.1 Å². The van der Waals surface area contributed by atoms with Gasteiger partial charge in [-0.2, -0.15) is 0 Å². The molecule has 1 aromatic heterocycles.